The maximum atomic E-state index is 9.45. The van der Waals surface area contributed by atoms with E-state index < -0.39 is 0 Å². The van der Waals surface area contributed by atoms with Gasteiger partial charge in [0.25, 0.3) is 0 Å². The molecular formula is C40H33N3. The van der Waals surface area contributed by atoms with Gasteiger partial charge < -0.3 is 0 Å². The molecule has 3 heteroatoms. The van der Waals surface area contributed by atoms with Crippen LogP contribution < -0.4 is 0 Å². The molecule has 0 aliphatic heterocycles. The summed E-state index contributed by atoms with van der Waals surface area (Å²) in [6.07, 6.45) is 0. The Morgan fingerprint density at radius 2 is 1.28 bits per heavy atom. The zero-order valence-corrected chi connectivity index (χ0v) is 25.0. The molecule has 0 saturated heterocycles. The van der Waals surface area contributed by atoms with Crippen LogP contribution in [-0.4, -0.2) is 9.55 Å². The number of nitrogens with zero attached hydrogens (tertiary/aromatic N) is 3. The van der Waals surface area contributed by atoms with Crippen LogP contribution >= 0.6 is 0 Å². The SMILES string of the molecule is CC(C)c1cc(-c2ccccc2)cc(C(C)C)c1-n1c(-c2ccc3ccc4cc(C#N)ccc4c3c2)nc2ccccc21. The normalized spacial score (nSPS) is 11.7. The monoisotopic (exact) mass is 555 g/mol. The third-order valence-corrected chi connectivity index (χ3v) is 8.53. The summed E-state index contributed by atoms with van der Waals surface area (Å²) in [7, 11) is 0. The summed E-state index contributed by atoms with van der Waals surface area (Å²) < 4.78 is 2.40. The van der Waals surface area contributed by atoms with Gasteiger partial charge in [-0.15, -0.1) is 0 Å². The van der Waals surface area contributed by atoms with Crippen molar-refractivity contribution in [3.05, 3.63) is 132 Å². The Kier molecular flexibility index (Phi) is 6.56. The molecule has 0 bridgehead atoms. The molecule has 0 aliphatic carbocycles. The number of hydrogen-bond acceptors (Lipinski definition) is 2. The lowest BCUT2D eigenvalue weighted by Crippen LogP contribution is -2.09. The second-order valence-corrected chi connectivity index (χ2v) is 12.0. The molecule has 1 heterocycles. The highest BCUT2D eigenvalue weighted by molar-refractivity contribution is 6.09. The molecule has 3 nitrogen and oxygen atoms in total. The van der Waals surface area contributed by atoms with Gasteiger partial charge in [-0.3, -0.25) is 4.57 Å². The van der Waals surface area contributed by atoms with Crippen LogP contribution in [0, 0.1) is 11.3 Å². The van der Waals surface area contributed by atoms with Crippen LogP contribution in [0.15, 0.2) is 115 Å². The fraction of sp³-hybridized carbons (Fsp3) is 0.150. The maximum absolute atomic E-state index is 9.45. The fourth-order valence-electron chi connectivity index (χ4n) is 6.33. The van der Waals surface area contributed by atoms with Crippen molar-refractivity contribution in [2.24, 2.45) is 0 Å². The first kappa shape index (κ1) is 26.7. The van der Waals surface area contributed by atoms with Crippen LogP contribution in [0.1, 0.15) is 56.2 Å². The first-order valence-electron chi connectivity index (χ1n) is 15.0. The second kappa shape index (κ2) is 10.6. The quantitative estimate of drug-likeness (QED) is 0.198. The largest absolute Gasteiger partial charge is 0.292 e. The number of rotatable bonds is 5. The highest BCUT2D eigenvalue weighted by atomic mass is 15.1. The first-order chi connectivity index (χ1) is 20.9. The van der Waals surface area contributed by atoms with Gasteiger partial charge >= 0.3 is 0 Å². The summed E-state index contributed by atoms with van der Waals surface area (Å²) >= 11 is 0. The van der Waals surface area contributed by atoms with E-state index in [2.05, 4.69) is 141 Å². The average Bonchev–Trinajstić information content (AvgIpc) is 3.43. The Bertz CT molecular complexity index is 2160. The van der Waals surface area contributed by atoms with E-state index in [1.807, 2.05) is 12.1 Å². The van der Waals surface area contributed by atoms with Crippen LogP contribution in [0.2, 0.25) is 0 Å². The van der Waals surface area contributed by atoms with E-state index in [1.165, 1.54) is 33.3 Å². The van der Waals surface area contributed by atoms with E-state index in [-0.39, 0.29) is 0 Å². The molecule has 6 aromatic carbocycles. The number of imidazole rings is 1. The molecule has 7 rings (SSSR count). The van der Waals surface area contributed by atoms with Crippen LogP contribution in [0.25, 0.3) is 60.8 Å². The van der Waals surface area contributed by atoms with E-state index in [9.17, 15) is 5.26 Å². The Balaban J connectivity index is 1.54. The Morgan fingerprint density at radius 1 is 0.605 bits per heavy atom. The van der Waals surface area contributed by atoms with Gasteiger partial charge in [-0.05, 0) is 98.1 Å². The minimum absolute atomic E-state index is 0.306. The zero-order chi connectivity index (χ0) is 29.7. The fourth-order valence-corrected chi connectivity index (χ4v) is 6.33. The van der Waals surface area contributed by atoms with Crippen LogP contribution in [0.3, 0.4) is 0 Å². The molecule has 0 N–H and O–H groups in total. The topological polar surface area (TPSA) is 41.6 Å². The highest BCUT2D eigenvalue weighted by Gasteiger charge is 2.23. The van der Waals surface area contributed by atoms with Crippen molar-refractivity contribution in [2.45, 2.75) is 39.5 Å². The van der Waals surface area contributed by atoms with Crippen LogP contribution in [0.4, 0.5) is 0 Å². The molecule has 208 valence electrons. The van der Waals surface area contributed by atoms with Gasteiger partial charge in [0, 0.05) is 5.56 Å². The average molecular weight is 556 g/mol. The Hall–Kier alpha value is -5.20. The summed E-state index contributed by atoms with van der Waals surface area (Å²) in [6, 6.07) is 43.0. The minimum atomic E-state index is 0.306. The van der Waals surface area contributed by atoms with Gasteiger partial charge in [-0.2, -0.15) is 5.26 Å². The first-order valence-corrected chi connectivity index (χ1v) is 15.0. The van der Waals surface area contributed by atoms with Crippen molar-refractivity contribution in [2.75, 3.05) is 0 Å². The van der Waals surface area contributed by atoms with Gasteiger partial charge in [0.05, 0.1) is 28.4 Å². The van der Waals surface area contributed by atoms with E-state index in [0.29, 0.717) is 17.4 Å². The number of nitriles is 1. The zero-order valence-electron chi connectivity index (χ0n) is 25.0. The lowest BCUT2D eigenvalue weighted by molar-refractivity contribution is 0.811. The molecule has 0 saturated carbocycles. The van der Waals surface area contributed by atoms with Crippen LogP contribution in [-0.2, 0) is 0 Å². The van der Waals surface area contributed by atoms with E-state index in [4.69, 9.17) is 4.98 Å². The Morgan fingerprint density at radius 3 is 2.00 bits per heavy atom. The van der Waals surface area contributed by atoms with Crippen molar-refractivity contribution in [3.8, 4) is 34.3 Å². The molecule has 0 amide bonds. The van der Waals surface area contributed by atoms with E-state index in [0.717, 1.165) is 38.6 Å². The number of aromatic nitrogens is 2. The molecule has 0 fully saturated rings. The van der Waals surface area contributed by atoms with Crippen molar-refractivity contribution in [1.29, 1.82) is 5.26 Å². The lowest BCUT2D eigenvalue weighted by Gasteiger charge is -2.24. The number of fused-ring (bicyclic) bond motifs is 4. The number of para-hydroxylation sites is 2. The van der Waals surface area contributed by atoms with Gasteiger partial charge in [-0.25, -0.2) is 4.98 Å². The molecule has 0 radical (unpaired) electrons. The third kappa shape index (κ3) is 4.57. The number of benzene rings is 6. The molecule has 0 atom stereocenters. The standard InChI is InChI=1S/C40H33N3/c1-25(2)34-22-32(28-10-6-5-7-11-28)23-35(26(3)4)39(34)43-38-13-9-8-12-37(38)42-40(43)31-18-16-29-15-17-30-20-27(24-41)14-19-33(30)36(29)21-31/h5-23,25-26H,1-4H3. The smallest absolute Gasteiger partial charge is 0.145 e. The van der Waals surface area contributed by atoms with Crippen molar-refractivity contribution in [3.63, 3.8) is 0 Å². The van der Waals surface area contributed by atoms with E-state index >= 15 is 0 Å². The van der Waals surface area contributed by atoms with Crippen molar-refractivity contribution in [1.82, 2.24) is 9.55 Å². The van der Waals surface area contributed by atoms with Gasteiger partial charge in [-0.1, -0.05) is 100 Å². The molecule has 0 aliphatic rings. The summed E-state index contributed by atoms with van der Waals surface area (Å²) in [4.78, 5) is 5.27. The van der Waals surface area contributed by atoms with Crippen molar-refractivity contribution >= 4 is 32.6 Å². The predicted molar refractivity (Wildman–Crippen MR) is 180 cm³/mol. The highest BCUT2D eigenvalue weighted by Crippen LogP contribution is 2.40. The maximum Gasteiger partial charge on any atom is 0.145 e. The van der Waals surface area contributed by atoms with E-state index in [1.54, 1.807) is 0 Å². The molecular weight excluding hydrogens is 522 g/mol. The van der Waals surface area contributed by atoms with Gasteiger partial charge in [0.1, 0.15) is 5.82 Å². The molecule has 43 heavy (non-hydrogen) atoms. The lowest BCUT2D eigenvalue weighted by atomic mass is 9.88. The summed E-state index contributed by atoms with van der Waals surface area (Å²) in [6.45, 7) is 9.14. The Labute approximate surface area is 252 Å². The number of hydrogen-bond donors (Lipinski definition) is 0. The summed E-state index contributed by atoms with van der Waals surface area (Å²) in [5, 5.41) is 14.0. The van der Waals surface area contributed by atoms with Gasteiger partial charge in [0.15, 0.2) is 0 Å². The molecule has 0 spiro atoms. The van der Waals surface area contributed by atoms with Gasteiger partial charge in [0.2, 0.25) is 0 Å². The third-order valence-electron chi connectivity index (χ3n) is 8.53. The van der Waals surface area contributed by atoms with Crippen molar-refractivity contribution < 1.29 is 0 Å². The predicted octanol–water partition coefficient (Wildman–Crippen LogP) is 10.8. The second-order valence-electron chi connectivity index (χ2n) is 12.0. The molecule has 7 aromatic rings. The summed E-state index contributed by atoms with van der Waals surface area (Å²) in [5.41, 5.74) is 10.1. The molecule has 0 unspecified atom stereocenters. The van der Waals surface area contributed by atoms with Crippen LogP contribution in [0.5, 0.6) is 0 Å². The summed E-state index contributed by atoms with van der Waals surface area (Å²) in [5.74, 6) is 1.55. The minimum Gasteiger partial charge on any atom is -0.292 e. The molecule has 1 aromatic heterocycles.